The van der Waals surface area contributed by atoms with Gasteiger partial charge in [-0.15, -0.1) is 0 Å². The van der Waals surface area contributed by atoms with Crippen LogP contribution >= 0.6 is 35.0 Å². The highest BCUT2D eigenvalue weighted by Crippen LogP contribution is 2.36. The Morgan fingerprint density at radius 3 is 2.15 bits per heavy atom. The fraction of sp³-hybridized carbons (Fsp3) is 0. The van der Waals surface area contributed by atoms with Crippen LogP contribution in [0.25, 0.3) is 17.4 Å². The molecule has 0 N–H and O–H groups in total. The van der Waals surface area contributed by atoms with Crippen molar-refractivity contribution in [3.8, 4) is 11.3 Å². The second-order valence-electron chi connectivity index (χ2n) is 5.70. The molecule has 2 heterocycles. The van der Waals surface area contributed by atoms with Crippen LogP contribution in [0.4, 0.5) is 10.5 Å². The van der Waals surface area contributed by atoms with Gasteiger partial charge in [0.25, 0.3) is 11.1 Å². The van der Waals surface area contributed by atoms with Crippen LogP contribution in [0.3, 0.4) is 0 Å². The minimum absolute atomic E-state index is 0.298. The van der Waals surface area contributed by atoms with Gasteiger partial charge in [0.05, 0.1) is 10.6 Å². The molecule has 134 valence electrons. The van der Waals surface area contributed by atoms with E-state index in [2.05, 4.69) is 0 Å². The Bertz CT molecular complexity index is 1060. The number of furan rings is 1. The molecule has 0 bridgehead atoms. The van der Waals surface area contributed by atoms with E-state index in [-0.39, 0.29) is 5.24 Å². The molecule has 2 amide bonds. The molecule has 4 nitrogen and oxygen atoms in total. The third-order valence-electron chi connectivity index (χ3n) is 3.91. The Kier molecular flexibility index (Phi) is 4.83. The lowest BCUT2D eigenvalue weighted by Gasteiger charge is -2.11. The first-order valence-electron chi connectivity index (χ1n) is 7.90. The van der Waals surface area contributed by atoms with Gasteiger partial charge in [-0.2, -0.15) is 0 Å². The van der Waals surface area contributed by atoms with Crippen molar-refractivity contribution < 1.29 is 14.0 Å². The Labute approximate surface area is 169 Å². The van der Waals surface area contributed by atoms with Crippen molar-refractivity contribution in [3.63, 3.8) is 0 Å². The Hall–Kier alpha value is -2.47. The van der Waals surface area contributed by atoms with Crippen LogP contribution in [0.15, 0.2) is 70.0 Å². The molecular weight excluding hydrogens is 405 g/mol. The molecule has 1 aliphatic heterocycles. The molecule has 0 atom stereocenters. The fourth-order valence-corrected chi connectivity index (χ4v) is 3.68. The zero-order chi connectivity index (χ0) is 19.0. The van der Waals surface area contributed by atoms with Crippen molar-refractivity contribution in [3.05, 3.63) is 81.4 Å². The highest BCUT2D eigenvalue weighted by atomic mass is 35.5. The van der Waals surface area contributed by atoms with Crippen molar-refractivity contribution in [1.82, 2.24) is 0 Å². The van der Waals surface area contributed by atoms with Gasteiger partial charge in [-0.25, -0.2) is 4.90 Å². The van der Waals surface area contributed by atoms with Crippen molar-refractivity contribution in [2.45, 2.75) is 0 Å². The quantitative estimate of drug-likeness (QED) is 0.458. The van der Waals surface area contributed by atoms with Crippen LogP contribution in [-0.2, 0) is 4.79 Å². The van der Waals surface area contributed by atoms with E-state index < -0.39 is 5.91 Å². The molecule has 0 spiro atoms. The normalized spacial score (nSPS) is 15.8. The van der Waals surface area contributed by atoms with Crippen LogP contribution in [0.1, 0.15) is 5.76 Å². The van der Waals surface area contributed by atoms with Crippen molar-refractivity contribution in [2.75, 3.05) is 4.90 Å². The van der Waals surface area contributed by atoms with E-state index >= 15 is 0 Å². The summed E-state index contributed by atoms with van der Waals surface area (Å²) >= 11 is 12.6. The Morgan fingerprint density at radius 1 is 0.852 bits per heavy atom. The Morgan fingerprint density at radius 2 is 1.48 bits per heavy atom. The average Bonchev–Trinajstić information content (AvgIpc) is 3.22. The van der Waals surface area contributed by atoms with E-state index in [0.717, 1.165) is 22.2 Å². The van der Waals surface area contributed by atoms with Gasteiger partial charge >= 0.3 is 0 Å². The number of nitrogens with zero attached hydrogens (tertiary/aromatic N) is 1. The van der Waals surface area contributed by atoms with Crippen LogP contribution < -0.4 is 4.90 Å². The lowest BCUT2D eigenvalue weighted by atomic mass is 10.2. The van der Waals surface area contributed by atoms with E-state index in [9.17, 15) is 9.59 Å². The van der Waals surface area contributed by atoms with Crippen LogP contribution in [-0.4, -0.2) is 11.1 Å². The minimum atomic E-state index is -0.392. The number of carbonyl (C=O) groups excluding carboxylic acids is 2. The molecule has 3 aromatic rings. The van der Waals surface area contributed by atoms with Gasteiger partial charge in [-0.3, -0.25) is 9.59 Å². The van der Waals surface area contributed by atoms with Gasteiger partial charge in [0.2, 0.25) is 0 Å². The van der Waals surface area contributed by atoms with Crippen molar-refractivity contribution >= 4 is 57.9 Å². The van der Waals surface area contributed by atoms with E-state index in [0.29, 0.717) is 32.2 Å². The number of hydrogen-bond acceptors (Lipinski definition) is 4. The second-order valence-corrected chi connectivity index (χ2v) is 7.57. The molecule has 1 aliphatic rings. The predicted octanol–water partition coefficient (Wildman–Crippen LogP) is 6.49. The molecule has 1 aromatic heterocycles. The number of imide groups is 1. The molecule has 4 rings (SSSR count). The second kappa shape index (κ2) is 7.27. The topological polar surface area (TPSA) is 50.5 Å². The summed E-state index contributed by atoms with van der Waals surface area (Å²) in [7, 11) is 0. The van der Waals surface area contributed by atoms with E-state index in [1.54, 1.807) is 54.6 Å². The number of benzene rings is 2. The third kappa shape index (κ3) is 3.67. The lowest BCUT2D eigenvalue weighted by Crippen LogP contribution is -2.27. The largest absolute Gasteiger partial charge is 0.457 e. The monoisotopic (exact) mass is 415 g/mol. The predicted molar refractivity (Wildman–Crippen MR) is 109 cm³/mol. The highest BCUT2D eigenvalue weighted by Gasteiger charge is 2.36. The molecule has 0 unspecified atom stereocenters. The SMILES string of the molecule is O=C1S/C(=C\c2ccc(-c3ccc(Cl)cc3)o2)C(=O)N1c1ccc(Cl)cc1. The zero-order valence-electron chi connectivity index (χ0n) is 13.7. The number of anilines is 1. The number of amides is 2. The lowest BCUT2D eigenvalue weighted by molar-refractivity contribution is -0.113. The summed E-state index contributed by atoms with van der Waals surface area (Å²) in [4.78, 5) is 26.3. The first-order chi connectivity index (χ1) is 13.0. The summed E-state index contributed by atoms with van der Waals surface area (Å²) in [5.74, 6) is 0.744. The van der Waals surface area contributed by atoms with Crippen molar-refractivity contribution in [2.24, 2.45) is 0 Å². The molecule has 2 aromatic carbocycles. The van der Waals surface area contributed by atoms with Crippen LogP contribution in [0.2, 0.25) is 10.0 Å². The molecule has 1 saturated heterocycles. The summed E-state index contributed by atoms with van der Waals surface area (Å²) in [5.41, 5.74) is 1.35. The van der Waals surface area contributed by atoms with E-state index in [1.807, 2.05) is 12.1 Å². The number of halogens is 2. The summed E-state index contributed by atoms with van der Waals surface area (Å²) in [6, 6.07) is 17.3. The van der Waals surface area contributed by atoms with E-state index in [4.69, 9.17) is 27.6 Å². The van der Waals surface area contributed by atoms with Gasteiger partial charge in [0, 0.05) is 21.7 Å². The number of rotatable bonds is 3. The van der Waals surface area contributed by atoms with Crippen LogP contribution in [0.5, 0.6) is 0 Å². The minimum Gasteiger partial charge on any atom is -0.457 e. The standard InChI is InChI=1S/C20H11Cl2NO3S/c21-13-3-1-12(2-4-13)17-10-9-16(26-17)11-18-19(24)23(20(25)27-18)15-7-5-14(22)6-8-15/h1-11H/b18-11-. The fourth-order valence-electron chi connectivity index (χ4n) is 2.61. The number of carbonyl (C=O) groups is 2. The third-order valence-corrected chi connectivity index (χ3v) is 5.28. The maximum absolute atomic E-state index is 12.6. The average molecular weight is 416 g/mol. The summed E-state index contributed by atoms with van der Waals surface area (Å²) < 4.78 is 5.78. The maximum Gasteiger partial charge on any atom is 0.298 e. The highest BCUT2D eigenvalue weighted by molar-refractivity contribution is 8.19. The maximum atomic E-state index is 12.6. The molecule has 0 aliphatic carbocycles. The van der Waals surface area contributed by atoms with Gasteiger partial charge in [-0.1, -0.05) is 23.2 Å². The van der Waals surface area contributed by atoms with Gasteiger partial charge in [0.15, 0.2) is 0 Å². The zero-order valence-corrected chi connectivity index (χ0v) is 16.0. The molecule has 27 heavy (non-hydrogen) atoms. The van der Waals surface area contributed by atoms with Gasteiger partial charge < -0.3 is 4.42 Å². The smallest absolute Gasteiger partial charge is 0.298 e. The van der Waals surface area contributed by atoms with Gasteiger partial charge in [0.1, 0.15) is 11.5 Å². The molecule has 0 saturated carbocycles. The van der Waals surface area contributed by atoms with Crippen LogP contribution in [0, 0.1) is 0 Å². The molecular formula is C20H11Cl2NO3S. The Balaban J connectivity index is 1.59. The summed E-state index contributed by atoms with van der Waals surface area (Å²) in [5, 5.41) is 0.811. The summed E-state index contributed by atoms with van der Waals surface area (Å²) in [6.07, 6.45) is 1.57. The van der Waals surface area contributed by atoms with Crippen molar-refractivity contribution in [1.29, 1.82) is 0 Å². The number of hydrogen-bond donors (Lipinski definition) is 0. The first kappa shape index (κ1) is 17.9. The van der Waals surface area contributed by atoms with Gasteiger partial charge in [-0.05, 0) is 72.4 Å². The molecule has 0 radical (unpaired) electrons. The molecule has 7 heteroatoms. The van der Waals surface area contributed by atoms with E-state index in [1.165, 1.54) is 0 Å². The summed E-state index contributed by atoms with van der Waals surface area (Å²) in [6.45, 7) is 0. The first-order valence-corrected chi connectivity index (χ1v) is 9.48. The molecule has 1 fully saturated rings. The number of thioether (sulfide) groups is 1.